The number of ketones is 1. The normalized spacial score (nSPS) is 15.1. The number of carbonyl (C=O) groups is 2. The average molecular weight is 156 g/mol. The lowest BCUT2D eigenvalue weighted by molar-refractivity contribution is -0.131. The van der Waals surface area contributed by atoms with E-state index in [1.165, 1.54) is 6.92 Å². The van der Waals surface area contributed by atoms with Crippen LogP contribution in [0.4, 0.5) is 0 Å². The predicted molar refractivity (Wildman–Crippen MR) is 41.1 cm³/mol. The monoisotopic (exact) mass is 156 g/mol. The van der Waals surface area contributed by atoms with Crippen molar-refractivity contribution in [2.45, 2.75) is 13.3 Å². The first-order chi connectivity index (χ1) is 5.10. The Hall–Kier alpha value is -0.960. The molecule has 0 aliphatic rings. The van der Waals surface area contributed by atoms with Gasteiger partial charge in [-0.25, -0.2) is 0 Å². The Bertz CT molecular complexity index is 174. The summed E-state index contributed by atoms with van der Waals surface area (Å²) in [4.78, 5) is 21.4. The highest BCUT2D eigenvalue weighted by molar-refractivity contribution is 6.04. The number of allylic oxidation sites excluding steroid dienone is 1. The van der Waals surface area contributed by atoms with Crippen molar-refractivity contribution in [1.29, 1.82) is 0 Å². The lowest BCUT2D eigenvalue weighted by Crippen LogP contribution is -2.28. The number of rotatable bonds is 5. The molecule has 0 aromatic rings. The molecule has 3 heteroatoms. The highest BCUT2D eigenvalue weighted by Crippen LogP contribution is 2.19. The molecule has 0 saturated carbocycles. The van der Waals surface area contributed by atoms with E-state index in [1.54, 1.807) is 0 Å². The fourth-order valence-corrected chi connectivity index (χ4v) is 0.706. The third kappa shape index (κ3) is 2.27. The molecule has 1 N–H and O–H groups in total. The Balaban J connectivity index is 4.43. The molecule has 1 atom stereocenters. The molecule has 0 amide bonds. The predicted octanol–water partition coefficient (Wildman–Crippen LogP) is 0.329. The maximum Gasteiger partial charge on any atom is 0.168 e. The van der Waals surface area contributed by atoms with E-state index in [0.717, 1.165) is 6.08 Å². The van der Waals surface area contributed by atoms with Gasteiger partial charge in [0.1, 0.15) is 6.29 Å². The van der Waals surface area contributed by atoms with E-state index >= 15 is 0 Å². The summed E-state index contributed by atoms with van der Waals surface area (Å²) in [5.74, 6) is -0.346. The average Bonchev–Trinajstić information content (AvgIpc) is 2.03. The van der Waals surface area contributed by atoms with E-state index in [1.807, 2.05) is 0 Å². The van der Waals surface area contributed by atoms with Crippen LogP contribution in [0.25, 0.3) is 0 Å². The summed E-state index contributed by atoms with van der Waals surface area (Å²) in [7, 11) is 0. The fraction of sp³-hybridized carbons (Fsp3) is 0.500. The van der Waals surface area contributed by atoms with E-state index in [-0.39, 0.29) is 18.8 Å². The van der Waals surface area contributed by atoms with Gasteiger partial charge in [0.05, 0.1) is 5.41 Å². The van der Waals surface area contributed by atoms with Crippen molar-refractivity contribution < 1.29 is 14.7 Å². The highest BCUT2D eigenvalue weighted by atomic mass is 16.3. The number of hydrogen-bond donors (Lipinski definition) is 1. The summed E-state index contributed by atoms with van der Waals surface area (Å²) >= 11 is 0. The second kappa shape index (κ2) is 4.03. The van der Waals surface area contributed by atoms with Crippen LogP contribution < -0.4 is 0 Å². The van der Waals surface area contributed by atoms with Crippen molar-refractivity contribution in [1.82, 2.24) is 0 Å². The number of aldehydes is 1. The minimum Gasteiger partial charge on any atom is -0.396 e. The molecule has 0 aliphatic carbocycles. The Morgan fingerprint density at radius 3 is 2.55 bits per heavy atom. The van der Waals surface area contributed by atoms with Gasteiger partial charge in [0, 0.05) is 6.61 Å². The van der Waals surface area contributed by atoms with Crippen LogP contribution in [0.2, 0.25) is 0 Å². The molecule has 0 aliphatic heterocycles. The van der Waals surface area contributed by atoms with Gasteiger partial charge < -0.3 is 9.90 Å². The van der Waals surface area contributed by atoms with E-state index in [0.29, 0.717) is 6.29 Å². The Morgan fingerprint density at radius 1 is 1.73 bits per heavy atom. The molecular weight excluding hydrogens is 144 g/mol. The van der Waals surface area contributed by atoms with Crippen molar-refractivity contribution in [2.24, 2.45) is 5.41 Å². The van der Waals surface area contributed by atoms with Crippen LogP contribution in [0.15, 0.2) is 12.7 Å². The zero-order chi connectivity index (χ0) is 8.91. The molecule has 0 fully saturated rings. The summed E-state index contributed by atoms with van der Waals surface area (Å²) in [5.41, 5.74) is -1.09. The van der Waals surface area contributed by atoms with Gasteiger partial charge in [-0.05, 0) is 19.4 Å². The number of aliphatic hydroxyl groups excluding tert-OH is 1. The first-order valence-corrected chi connectivity index (χ1v) is 3.35. The van der Waals surface area contributed by atoms with Gasteiger partial charge in [-0.1, -0.05) is 6.58 Å². The standard InChI is InChI=1S/C8H12O3/c1-3-7(11)8(2,6-10)4-5-9/h3,6,9H,1,4-5H2,2H3. The largest absolute Gasteiger partial charge is 0.396 e. The minimum atomic E-state index is -1.09. The molecule has 0 spiro atoms. The van der Waals surface area contributed by atoms with E-state index in [9.17, 15) is 9.59 Å². The molecule has 0 heterocycles. The second-order valence-corrected chi connectivity index (χ2v) is 2.58. The minimum absolute atomic E-state index is 0.154. The summed E-state index contributed by atoms with van der Waals surface area (Å²) in [5, 5.41) is 8.53. The molecule has 62 valence electrons. The molecule has 11 heavy (non-hydrogen) atoms. The van der Waals surface area contributed by atoms with Gasteiger partial charge >= 0.3 is 0 Å². The maximum atomic E-state index is 11.0. The summed E-state index contributed by atoms with van der Waals surface area (Å²) in [6, 6.07) is 0. The van der Waals surface area contributed by atoms with Crippen LogP contribution in [-0.2, 0) is 9.59 Å². The van der Waals surface area contributed by atoms with Crippen molar-refractivity contribution in [3.8, 4) is 0 Å². The van der Waals surface area contributed by atoms with Crippen LogP contribution in [0.3, 0.4) is 0 Å². The fourth-order valence-electron chi connectivity index (χ4n) is 0.706. The third-order valence-corrected chi connectivity index (χ3v) is 1.64. The smallest absolute Gasteiger partial charge is 0.168 e. The molecule has 0 rings (SSSR count). The number of hydrogen-bond acceptors (Lipinski definition) is 3. The second-order valence-electron chi connectivity index (χ2n) is 2.58. The quantitative estimate of drug-likeness (QED) is 0.354. The lowest BCUT2D eigenvalue weighted by Gasteiger charge is -2.17. The molecule has 0 aromatic heterocycles. The third-order valence-electron chi connectivity index (χ3n) is 1.64. The van der Waals surface area contributed by atoms with Gasteiger partial charge in [-0.2, -0.15) is 0 Å². The van der Waals surface area contributed by atoms with Crippen LogP contribution in [-0.4, -0.2) is 23.8 Å². The molecule has 3 nitrogen and oxygen atoms in total. The zero-order valence-electron chi connectivity index (χ0n) is 6.54. The lowest BCUT2D eigenvalue weighted by atomic mass is 9.84. The highest BCUT2D eigenvalue weighted by Gasteiger charge is 2.29. The number of aliphatic hydroxyl groups is 1. The SMILES string of the molecule is C=CC(=O)C(C)(C=O)CCO. The van der Waals surface area contributed by atoms with Crippen LogP contribution in [0, 0.1) is 5.41 Å². The molecule has 0 radical (unpaired) electrons. The van der Waals surface area contributed by atoms with Gasteiger partial charge in [0.2, 0.25) is 0 Å². The van der Waals surface area contributed by atoms with E-state index < -0.39 is 5.41 Å². The van der Waals surface area contributed by atoms with Gasteiger partial charge in [0.25, 0.3) is 0 Å². The van der Waals surface area contributed by atoms with Crippen LogP contribution >= 0.6 is 0 Å². The van der Waals surface area contributed by atoms with Crippen molar-refractivity contribution in [2.75, 3.05) is 6.61 Å². The van der Waals surface area contributed by atoms with Gasteiger partial charge in [-0.3, -0.25) is 4.79 Å². The number of carbonyl (C=O) groups excluding carboxylic acids is 2. The first kappa shape index (κ1) is 10.0. The van der Waals surface area contributed by atoms with Crippen LogP contribution in [0.5, 0.6) is 0 Å². The Labute approximate surface area is 65.7 Å². The van der Waals surface area contributed by atoms with Gasteiger partial charge in [0.15, 0.2) is 5.78 Å². The Kier molecular flexibility index (Phi) is 3.68. The van der Waals surface area contributed by atoms with Crippen molar-refractivity contribution in [3.05, 3.63) is 12.7 Å². The van der Waals surface area contributed by atoms with Gasteiger partial charge in [-0.15, -0.1) is 0 Å². The maximum absolute atomic E-state index is 11.0. The summed E-state index contributed by atoms with van der Waals surface area (Å²) < 4.78 is 0. The molecule has 0 saturated heterocycles. The Morgan fingerprint density at radius 2 is 2.27 bits per heavy atom. The van der Waals surface area contributed by atoms with E-state index in [4.69, 9.17) is 5.11 Å². The molecule has 0 bridgehead atoms. The molecule has 1 unspecified atom stereocenters. The topological polar surface area (TPSA) is 54.4 Å². The molecule has 0 aromatic carbocycles. The van der Waals surface area contributed by atoms with E-state index in [2.05, 4.69) is 6.58 Å². The van der Waals surface area contributed by atoms with Crippen molar-refractivity contribution >= 4 is 12.1 Å². The molecular formula is C8H12O3. The van der Waals surface area contributed by atoms with Crippen molar-refractivity contribution in [3.63, 3.8) is 0 Å². The van der Waals surface area contributed by atoms with Crippen LogP contribution in [0.1, 0.15) is 13.3 Å². The summed E-state index contributed by atoms with van der Waals surface area (Å²) in [6.07, 6.45) is 1.80. The zero-order valence-corrected chi connectivity index (χ0v) is 6.54. The summed E-state index contributed by atoms with van der Waals surface area (Å²) in [6.45, 7) is 4.58. The first-order valence-electron chi connectivity index (χ1n) is 3.35.